The maximum atomic E-state index is 5.79. The van der Waals surface area contributed by atoms with Gasteiger partial charge in [0.1, 0.15) is 0 Å². The van der Waals surface area contributed by atoms with Crippen molar-refractivity contribution in [1.82, 2.24) is 9.78 Å². The lowest BCUT2D eigenvalue weighted by Crippen LogP contribution is -2.26. The Morgan fingerprint density at radius 2 is 2.19 bits per heavy atom. The van der Waals surface area contributed by atoms with Crippen LogP contribution >= 0.6 is 0 Å². The van der Waals surface area contributed by atoms with E-state index in [1.807, 2.05) is 10.9 Å². The van der Waals surface area contributed by atoms with Gasteiger partial charge in [-0.2, -0.15) is 5.10 Å². The number of rotatable bonds is 5. The smallest absolute Gasteiger partial charge is 0.0545 e. The summed E-state index contributed by atoms with van der Waals surface area (Å²) in [6.07, 6.45) is 5.20. The molecule has 0 amide bonds. The summed E-state index contributed by atoms with van der Waals surface area (Å²) in [5, 5.41) is 4.41. The van der Waals surface area contributed by atoms with Gasteiger partial charge in [0, 0.05) is 36.5 Å². The third-order valence-corrected chi connectivity index (χ3v) is 4.55. The number of fused-ring (bicyclic) bond motifs is 1. The highest BCUT2D eigenvalue weighted by molar-refractivity contribution is 5.61. The summed E-state index contributed by atoms with van der Waals surface area (Å²) < 4.78 is 1.99. The fraction of sp³-hybridized carbons (Fsp3) is 0.471. The molecule has 0 bridgehead atoms. The standard InChI is InChI=1S/C17H24N4/c1-3-20-11-15(10-19-20)13(2)21-12-14(8-9-18)16-6-4-5-7-17(16)21/h4-7,10-11,13-14H,3,8-9,12,18H2,1-2H3. The van der Waals surface area contributed by atoms with Crippen LogP contribution in [-0.2, 0) is 6.54 Å². The fourth-order valence-electron chi connectivity index (χ4n) is 3.29. The van der Waals surface area contributed by atoms with Gasteiger partial charge in [-0.15, -0.1) is 0 Å². The first-order valence-corrected chi connectivity index (χ1v) is 7.82. The third-order valence-electron chi connectivity index (χ3n) is 4.55. The predicted octanol–water partition coefficient (Wildman–Crippen LogP) is 2.92. The number of hydrogen-bond acceptors (Lipinski definition) is 3. The molecule has 0 saturated heterocycles. The molecule has 0 radical (unpaired) electrons. The number of nitrogens with zero attached hydrogens (tertiary/aromatic N) is 3. The summed E-state index contributed by atoms with van der Waals surface area (Å²) in [7, 11) is 0. The Hall–Kier alpha value is -1.81. The van der Waals surface area contributed by atoms with Crippen LogP contribution in [0.5, 0.6) is 0 Å². The van der Waals surface area contributed by atoms with E-state index in [9.17, 15) is 0 Å². The lowest BCUT2D eigenvalue weighted by Gasteiger charge is -2.27. The van der Waals surface area contributed by atoms with Crippen molar-refractivity contribution in [2.45, 2.75) is 38.8 Å². The van der Waals surface area contributed by atoms with Gasteiger partial charge in [-0.1, -0.05) is 18.2 Å². The zero-order valence-corrected chi connectivity index (χ0v) is 12.9. The summed E-state index contributed by atoms with van der Waals surface area (Å²) in [6, 6.07) is 9.07. The molecule has 2 unspecified atom stereocenters. The Kier molecular flexibility index (Phi) is 3.97. The van der Waals surface area contributed by atoms with Gasteiger partial charge >= 0.3 is 0 Å². The van der Waals surface area contributed by atoms with Crippen molar-refractivity contribution < 1.29 is 0 Å². The molecule has 2 N–H and O–H groups in total. The minimum absolute atomic E-state index is 0.342. The van der Waals surface area contributed by atoms with Crippen LogP contribution < -0.4 is 10.6 Å². The number of nitrogens with two attached hydrogens (primary N) is 1. The quantitative estimate of drug-likeness (QED) is 0.918. The van der Waals surface area contributed by atoms with E-state index in [1.54, 1.807) is 0 Å². The molecule has 0 saturated carbocycles. The van der Waals surface area contributed by atoms with Crippen LogP contribution in [0.1, 0.15) is 43.4 Å². The summed E-state index contributed by atoms with van der Waals surface area (Å²) in [5.41, 5.74) is 9.86. The van der Waals surface area contributed by atoms with Gasteiger partial charge in [-0.25, -0.2) is 0 Å². The van der Waals surface area contributed by atoms with Crippen LogP contribution in [0.4, 0.5) is 5.69 Å². The van der Waals surface area contributed by atoms with Gasteiger partial charge in [0.05, 0.1) is 12.2 Å². The highest BCUT2D eigenvalue weighted by Gasteiger charge is 2.31. The normalized spacial score (nSPS) is 18.8. The number of hydrogen-bond donors (Lipinski definition) is 1. The molecule has 2 heterocycles. The van der Waals surface area contributed by atoms with Gasteiger partial charge in [0.15, 0.2) is 0 Å². The van der Waals surface area contributed by atoms with E-state index in [1.165, 1.54) is 16.8 Å². The zero-order valence-electron chi connectivity index (χ0n) is 12.9. The van der Waals surface area contributed by atoms with E-state index >= 15 is 0 Å². The Morgan fingerprint density at radius 3 is 2.90 bits per heavy atom. The first-order chi connectivity index (χ1) is 10.2. The number of para-hydroxylation sites is 1. The van der Waals surface area contributed by atoms with E-state index in [4.69, 9.17) is 5.73 Å². The summed E-state index contributed by atoms with van der Waals surface area (Å²) in [6.45, 7) is 7.09. The highest BCUT2D eigenvalue weighted by Crippen LogP contribution is 2.41. The molecule has 4 nitrogen and oxygen atoms in total. The molecular formula is C17H24N4. The average molecular weight is 284 g/mol. The number of anilines is 1. The predicted molar refractivity (Wildman–Crippen MR) is 86.5 cm³/mol. The molecule has 0 aliphatic carbocycles. The van der Waals surface area contributed by atoms with Crippen LogP contribution in [0.2, 0.25) is 0 Å². The second-order valence-electron chi connectivity index (χ2n) is 5.79. The van der Waals surface area contributed by atoms with Crippen molar-refractivity contribution in [3.63, 3.8) is 0 Å². The van der Waals surface area contributed by atoms with Crippen molar-refractivity contribution in [3.8, 4) is 0 Å². The summed E-state index contributed by atoms with van der Waals surface area (Å²) in [5.74, 6) is 0.551. The second-order valence-corrected chi connectivity index (χ2v) is 5.79. The van der Waals surface area contributed by atoms with Crippen molar-refractivity contribution in [2.24, 2.45) is 5.73 Å². The first-order valence-electron chi connectivity index (χ1n) is 7.82. The summed E-state index contributed by atoms with van der Waals surface area (Å²) >= 11 is 0. The molecule has 1 aromatic carbocycles. The monoisotopic (exact) mass is 284 g/mol. The molecule has 2 aromatic rings. The van der Waals surface area contributed by atoms with E-state index in [2.05, 4.69) is 54.3 Å². The van der Waals surface area contributed by atoms with Crippen molar-refractivity contribution in [2.75, 3.05) is 18.0 Å². The number of aryl methyl sites for hydroxylation is 1. The first kappa shape index (κ1) is 14.1. The molecular weight excluding hydrogens is 260 g/mol. The lowest BCUT2D eigenvalue weighted by molar-refractivity contribution is 0.605. The Labute approximate surface area is 126 Å². The van der Waals surface area contributed by atoms with Gasteiger partial charge in [-0.3, -0.25) is 4.68 Å². The molecule has 2 atom stereocenters. The fourth-order valence-corrected chi connectivity index (χ4v) is 3.29. The summed E-state index contributed by atoms with van der Waals surface area (Å²) in [4.78, 5) is 2.49. The van der Waals surface area contributed by atoms with Gasteiger partial charge < -0.3 is 10.6 Å². The Balaban J connectivity index is 1.88. The maximum Gasteiger partial charge on any atom is 0.0545 e. The molecule has 1 aliphatic rings. The van der Waals surface area contributed by atoms with Crippen LogP contribution in [0.25, 0.3) is 0 Å². The molecule has 112 valence electrons. The molecule has 21 heavy (non-hydrogen) atoms. The van der Waals surface area contributed by atoms with Crippen molar-refractivity contribution >= 4 is 5.69 Å². The van der Waals surface area contributed by atoms with Gasteiger partial charge in [0.2, 0.25) is 0 Å². The average Bonchev–Trinajstić information content (AvgIpc) is 3.12. The van der Waals surface area contributed by atoms with E-state index in [-0.39, 0.29) is 0 Å². The molecule has 4 heteroatoms. The van der Waals surface area contributed by atoms with Crippen LogP contribution in [0.3, 0.4) is 0 Å². The molecule has 0 fully saturated rings. The number of benzene rings is 1. The minimum atomic E-state index is 0.342. The van der Waals surface area contributed by atoms with Crippen molar-refractivity contribution in [1.29, 1.82) is 0 Å². The molecule has 0 spiro atoms. The maximum absolute atomic E-state index is 5.79. The van der Waals surface area contributed by atoms with Gasteiger partial charge in [0.25, 0.3) is 0 Å². The Morgan fingerprint density at radius 1 is 1.38 bits per heavy atom. The van der Waals surface area contributed by atoms with Crippen molar-refractivity contribution in [3.05, 3.63) is 47.8 Å². The Bertz CT molecular complexity index is 604. The highest BCUT2D eigenvalue weighted by atomic mass is 15.3. The van der Waals surface area contributed by atoms with Crippen LogP contribution in [0.15, 0.2) is 36.7 Å². The van der Waals surface area contributed by atoms with E-state index in [0.717, 1.165) is 26.1 Å². The van der Waals surface area contributed by atoms with Crippen LogP contribution in [-0.4, -0.2) is 22.9 Å². The van der Waals surface area contributed by atoms with Crippen LogP contribution in [0, 0.1) is 0 Å². The SMILES string of the molecule is CCn1cc(C(C)N2CC(CCN)c3ccccc32)cn1. The zero-order chi connectivity index (χ0) is 14.8. The third kappa shape index (κ3) is 2.56. The molecule has 1 aromatic heterocycles. The second kappa shape index (κ2) is 5.90. The topological polar surface area (TPSA) is 47.1 Å². The minimum Gasteiger partial charge on any atom is -0.364 e. The largest absolute Gasteiger partial charge is 0.364 e. The van der Waals surface area contributed by atoms with E-state index in [0.29, 0.717) is 12.0 Å². The molecule has 3 rings (SSSR count). The molecule has 1 aliphatic heterocycles. The van der Waals surface area contributed by atoms with E-state index < -0.39 is 0 Å². The van der Waals surface area contributed by atoms with Gasteiger partial charge in [-0.05, 0) is 38.4 Å². The lowest BCUT2D eigenvalue weighted by atomic mass is 9.98. The number of aromatic nitrogens is 2.